The average Bonchev–Trinajstić information content (AvgIpc) is 2.98. The Morgan fingerprint density at radius 3 is 3.18 bits per heavy atom. The second kappa shape index (κ2) is 4.31. The molecule has 1 amide bonds. The van der Waals surface area contributed by atoms with Crippen LogP contribution in [-0.4, -0.2) is 30.1 Å². The molecular weight excluding hydrogens is 239 g/mol. The van der Waals surface area contributed by atoms with Crippen molar-refractivity contribution < 1.29 is 9.18 Å². The number of halogens is 1. The first-order valence-electron chi connectivity index (χ1n) is 5.67. The van der Waals surface area contributed by atoms with Gasteiger partial charge in [-0.2, -0.15) is 0 Å². The Hall–Kier alpha value is -1.07. The first-order chi connectivity index (χ1) is 8.27. The lowest BCUT2D eigenvalue weighted by molar-refractivity contribution is -0.119. The maximum absolute atomic E-state index is 13.5. The van der Waals surface area contributed by atoms with Crippen LogP contribution in [0.2, 0.25) is 0 Å². The Morgan fingerprint density at radius 1 is 1.53 bits per heavy atom. The first-order valence-corrected chi connectivity index (χ1v) is 6.83. The Labute approximate surface area is 103 Å². The SMILES string of the molecule is O=C(C1CSCN1)N1CCc2c(F)cccc21. The lowest BCUT2D eigenvalue weighted by Gasteiger charge is -2.20. The first kappa shape index (κ1) is 11.0. The van der Waals surface area contributed by atoms with Crippen molar-refractivity contribution in [2.75, 3.05) is 23.1 Å². The van der Waals surface area contributed by atoms with E-state index in [9.17, 15) is 9.18 Å². The van der Waals surface area contributed by atoms with Gasteiger partial charge >= 0.3 is 0 Å². The van der Waals surface area contributed by atoms with Crippen molar-refractivity contribution in [2.45, 2.75) is 12.5 Å². The van der Waals surface area contributed by atoms with Crippen LogP contribution < -0.4 is 10.2 Å². The summed E-state index contributed by atoms with van der Waals surface area (Å²) in [5.41, 5.74) is 1.42. The molecule has 0 aromatic heterocycles. The van der Waals surface area contributed by atoms with Gasteiger partial charge in [-0.05, 0) is 18.6 Å². The quantitative estimate of drug-likeness (QED) is 0.819. The predicted molar refractivity (Wildman–Crippen MR) is 66.7 cm³/mol. The van der Waals surface area contributed by atoms with Gasteiger partial charge in [-0.1, -0.05) is 6.07 Å². The maximum atomic E-state index is 13.5. The molecule has 0 spiro atoms. The highest BCUT2D eigenvalue weighted by Gasteiger charge is 2.32. The third-order valence-corrected chi connectivity index (χ3v) is 4.19. The Kier molecular flexibility index (Phi) is 2.80. The van der Waals surface area contributed by atoms with Crippen molar-refractivity contribution in [3.63, 3.8) is 0 Å². The summed E-state index contributed by atoms with van der Waals surface area (Å²) in [5, 5.41) is 3.16. The molecule has 1 atom stereocenters. The van der Waals surface area contributed by atoms with E-state index in [-0.39, 0.29) is 17.8 Å². The molecular formula is C12H13FN2OS. The number of carbonyl (C=O) groups is 1. The van der Waals surface area contributed by atoms with Gasteiger partial charge in [0.1, 0.15) is 5.82 Å². The molecule has 0 aliphatic carbocycles. The molecule has 1 unspecified atom stereocenters. The molecule has 0 bridgehead atoms. The van der Waals surface area contributed by atoms with Crippen molar-refractivity contribution in [1.82, 2.24) is 5.32 Å². The molecule has 2 heterocycles. The van der Waals surface area contributed by atoms with Crippen LogP contribution in [0.1, 0.15) is 5.56 Å². The van der Waals surface area contributed by atoms with Gasteiger partial charge in [0.25, 0.3) is 0 Å². The number of fused-ring (bicyclic) bond motifs is 1. The Bertz CT molecular complexity index is 460. The summed E-state index contributed by atoms with van der Waals surface area (Å²) in [6, 6.07) is 4.83. The second-order valence-electron chi connectivity index (χ2n) is 4.25. The summed E-state index contributed by atoms with van der Waals surface area (Å²) >= 11 is 1.72. The molecule has 90 valence electrons. The van der Waals surface area contributed by atoms with Crippen molar-refractivity contribution in [1.29, 1.82) is 0 Å². The topological polar surface area (TPSA) is 32.3 Å². The molecule has 0 saturated carbocycles. The van der Waals surface area contributed by atoms with Crippen LogP contribution in [0.5, 0.6) is 0 Å². The molecule has 1 fully saturated rings. The molecule has 2 aliphatic rings. The largest absolute Gasteiger partial charge is 0.310 e. The highest BCUT2D eigenvalue weighted by molar-refractivity contribution is 7.99. The number of nitrogens with zero attached hydrogens (tertiary/aromatic N) is 1. The number of hydrogen-bond donors (Lipinski definition) is 1. The monoisotopic (exact) mass is 252 g/mol. The van der Waals surface area contributed by atoms with E-state index in [1.165, 1.54) is 6.07 Å². The van der Waals surface area contributed by atoms with Gasteiger partial charge in [0.05, 0.1) is 6.04 Å². The van der Waals surface area contributed by atoms with Gasteiger partial charge in [-0.3, -0.25) is 10.1 Å². The summed E-state index contributed by atoms with van der Waals surface area (Å²) in [7, 11) is 0. The van der Waals surface area contributed by atoms with Gasteiger partial charge in [0.2, 0.25) is 5.91 Å². The number of carbonyl (C=O) groups excluding carboxylic acids is 1. The van der Waals surface area contributed by atoms with Crippen molar-refractivity contribution >= 4 is 23.4 Å². The molecule has 1 N–H and O–H groups in total. The van der Waals surface area contributed by atoms with Gasteiger partial charge < -0.3 is 4.90 Å². The standard InChI is InChI=1S/C12H13FN2OS/c13-9-2-1-3-11-8(9)4-5-15(11)12(16)10-6-17-7-14-10/h1-3,10,14H,4-7H2. The van der Waals surface area contributed by atoms with Crippen molar-refractivity contribution in [3.8, 4) is 0 Å². The van der Waals surface area contributed by atoms with Crippen LogP contribution in [0.3, 0.4) is 0 Å². The summed E-state index contributed by atoms with van der Waals surface area (Å²) in [4.78, 5) is 14.0. The molecule has 1 aromatic carbocycles. The third-order valence-electron chi connectivity index (χ3n) is 3.25. The maximum Gasteiger partial charge on any atom is 0.245 e. The fourth-order valence-corrected chi connectivity index (χ4v) is 3.30. The Morgan fingerprint density at radius 2 is 2.41 bits per heavy atom. The highest BCUT2D eigenvalue weighted by atomic mass is 32.2. The third kappa shape index (κ3) is 1.83. The number of rotatable bonds is 1. The number of amides is 1. The summed E-state index contributed by atoms with van der Waals surface area (Å²) in [5.74, 6) is 1.49. The van der Waals surface area contributed by atoms with Crippen LogP contribution >= 0.6 is 11.8 Å². The van der Waals surface area contributed by atoms with Crippen LogP contribution in [0.15, 0.2) is 18.2 Å². The highest BCUT2D eigenvalue weighted by Crippen LogP contribution is 2.30. The molecule has 2 aliphatic heterocycles. The second-order valence-corrected chi connectivity index (χ2v) is 5.28. The normalized spacial score (nSPS) is 22.9. The average molecular weight is 252 g/mol. The van der Waals surface area contributed by atoms with E-state index in [0.717, 1.165) is 17.3 Å². The minimum Gasteiger partial charge on any atom is -0.310 e. The Balaban J connectivity index is 1.88. The summed E-state index contributed by atoms with van der Waals surface area (Å²) < 4.78 is 13.5. The van der Waals surface area contributed by atoms with E-state index >= 15 is 0 Å². The molecule has 0 radical (unpaired) electrons. The number of hydrogen-bond acceptors (Lipinski definition) is 3. The minimum atomic E-state index is -0.202. The van der Waals surface area contributed by atoms with E-state index in [0.29, 0.717) is 18.5 Å². The molecule has 1 aromatic rings. The molecule has 1 saturated heterocycles. The van der Waals surface area contributed by atoms with E-state index in [2.05, 4.69) is 5.32 Å². The van der Waals surface area contributed by atoms with Gasteiger partial charge in [0, 0.05) is 29.4 Å². The van der Waals surface area contributed by atoms with Crippen LogP contribution in [0, 0.1) is 5.82 Å². The van der Waals surface area contributed by atoms with Crippen LogP contribution in [0.4, 0.5) is 10.1 Å². The van der Waals surface area contributed by atoms with E-state index in [4.69, 9.17) is 0 Å². The van der Waals surface area contributed by atoms with E-state index < -0.39 is 0 Å². The van der Waals surface area contributed by atoms with Crippen molar-refractivity contribution in [3.05, 3.63) is 29.6 Å². The van der Waals surface area contributed by atoms with Crippen molar-refractivity contribution in [2.24, 2.45) is 0 Å². The lowest BCUT2D eigenvalue weighted by atomic mass is 10.1. The fourth-order valence-electron chi connectivity index (χ4n) is 2.36. The number of thioether (sulfide) groups is 1. The van der Waals surface area contributed by atoms with E-state index in [1.54, 1.807) is 22.7 Å². The van der Waals surface area contributed by atoms with Crippen LogP contribution in [0.25, 0.3) is 0 Å². The van der Waals surface area contributed by atoms with Gasteiger partial charge in [0.15, 0.2) is 0 Å². The summed E-state index contributed by atoms with van der Waals surface area (Å²) in [6.07, 6.45) is 0.619. The van der Waals surface area contributed by atoms with Crippen LogP contribution in [-0.2, 0) is 11.2 Å². The molecule has 5 heteroatoms. The number of benzene rings is 1. The number of anilines is 1. The van der Waals surface area contributed by atoms with E-state index in [1.807, 2.05) is 6.07 Å². The zero-order chi connectivity index (χ0) is 11.8. The zero-order valence-electron chi connectivity index (χ0n) is 9.28. The lowest BCUT2D eigenvalue weighted by Crippen LogP contribution is -2.44. The predicted octanol–water partition coefficient (Wildman–Crippen LogP) is 1.38. The summed E-state index contributed by atoms with van der Waals surface area (Å²) in [6.45, 7) is 0.595. The van der Waals surface area contributed by atoms with Gasteiger partial charge in [-0.15, -0.1) is 11.8 Å². The zero-order valence-corrected chi connectivity index (χ0v) is 10.1. The van der Waals surface area contributed by atoms with Gasteiger partial charge in [-0.25, -0.2) is 4.39 Å². The number of nitrogens with one attached hydrogen (secondary N) is 1. The molecule has 3 nitrogen and oxygen atoms in total. The fraction of sp³-hybridized carbons (Fsp3) is 0.417. The molecule has 17 heavy (non-hydrogen) atoms. The molecule has 3 rings (SSSR count). The minimum absolute atomic E-state index is 0.0688. The smallest absolute Gasteiger partial charge is 0.245 e.